The van der Waals surface area contributed by atoms with E-state index in [0.717, 1.165) is 89.8 Å². The zero-order valence-electron chi connectivity index (χ0n) is 27.6. The minimum atomic E-state index is -0.272. The van der Waals surface area contributed by atoms with Crippen LogP contribution in [0.1, 0.15) is 80.3 Å². The highest BCUT2D eigenvalue weighted by Crippen LogP contribution is 2.32. The third kappa shape index (κ3) is 8.69. The van der Waals surface area contributed by atoms with Crippen LogP contribution in [0, 0.1) is 18.3 Å². The molecule has 2 aliphatic rings. The largest absolute Gasteiger partial charge is 0.368 e. The topological polar surface area (TPSA) is 161 Å². The number of aryl methyl sites for hydroxylation is 1. The minimum absolute atomic E-state index is 0.0176. The van der Waals surface area contributed by atoms with Crippen LogP contribution in [-0.4, -0.2) is 88.5 Å². The van der Waals surface area contributed by atoms with Crippen molar-refractivity contribution in [2.24, 2.45) is 0 Å². The van der Waals surface area contributed by atoms with E-state index in [4.69, 9.17) is 10.2 Å². The first-order valence-electron chi connectivity index (χ1n) is 16.8. The van der Waals surface area contributed by atoms with E-state index < -0.39 is 0 Å². The Balaban J connectivity index is 1.12. The van der Waals surface area contributed by atoms with Gasteiger partial charge in [-0.05, 0) is 63.8 Å². The number of amides is 1. The van der Waals surface area contributed by atoms with Crippen molar-refractivity contribution in [2.75, 3.05) is 62.6 Å². The molecule has 1 aliphatic heterocycles. The maximum atomic E-state index is 13.5. The molecule has 47 heavy (non-hydrogen) atoms. The van der Waals surface area contributed by atoms with Gasteiger partial charge < -0.3 is 20.9 Å². The van der Waals surface area contributed by atoms with E-state index in [1.54, 1.807) is 17.7 Å². The van der Waals surface area contributed by atoms with E-state index in [0.29, 0.717) is 48.0 Å². The predicted molar refractivity (Wildman–Crippen MR) is 182 cm³/mol. The second kappa shape index (κ2) is 16.4. The van der Waals surface area contributed by atoms with Gasteiger partial charge in [-0.25, -0.2) is 9.97 Å². The van der Waals surface area contributed by atoms with Gasteiger partial charge in [0.25, 0.3) is 5.56 Å². The zero-order valence-corrected chi connectivity index (χ0v) is 27.6. The van der Waals surface area contributed by atoms with Gasteiger partial charge in [0, 0.05) is 50.3 Å². The summed E-state index contributed by atoms with van der Waals surface area (Å²) in [5.74, 6) is 0.758. The number of unbranched alkanes of at least 4 members (excludes halogenated alkanes) is 3. The molecule has 1 saturated heterocycles. The van der Waals surface area contributed by atoms with Crippen LogP contribution < -0.4 is 26.4 Å². The number of hydrogen-bond donors (Lipinski definition) is 3. The molecule has 4 heterocycles. The molecular weight excluding hydrogens is 596 g/mol. The number of nitriles is 1. The second-order valence-corrected chi connectivity index (χ2v) is 12.5. The van der Waals surface area contributed by atoms with Crippen molar-refractivity contribution in [3.63, 3.8) is 0 Å². The van der Waals surface area contributed by atoms with Crippen LogP contribution in [-0.2, 0) is 4.79 Å². The molecule has 1 amide bonds. The number of piperazine rings is 1. The first kappa shape index (κ1) is 33.9. The number of ketones is 1. The molecule has 1 aliphatic carbocycles. The van der Waals surface area contributed by atoms with Crippen LogP contribution in [0.15, 0.2) is 29.3 Å². The van der Waals surface area contributed by atoms with Gasteiger partial charge in [-0.3, -0.25) is 23.9 Å². The Bertz CT molecular complexity index is 1640. The Morgan fingerprint density at radius 1 is 1.00 bits per heavy atom. The van der Waals surface area contributed by atoms with Crippen molar-refractivity contribution in [2.45, 2.75) is 71.3 Å². The van der Waals surface area contributed by atoms with Crippen LogP contribution in [0.5, 0.6) is 0 Å². The summed E-state index contributed by atoms with van der Waals surface area (Å²) in [6.07, 6.45) is 11.5. The molecule has 0 aromatic carbocycles. The molecule has 3 aromatic rings. The maximum Gasteiger partial charge on any atom is 0.263 e. The fourth-order valence-electron chi connectivity index (χ4n) is 6.59. The van der Waals surface area contributed by atoms with Gasteiger partial charge in [0.2, 0.25) is 11.9 Å². The molecule has 0 atom stereocenters. The summed E-state index contributed by atoms with van der Waals surface area (Å²) >= 11 is 0. The quantitative estimate of drug-likeness (QED) is 0.126. The van der Waals surface area contributed by atoms with Crippen molar-refractivity contribution < 1.29 is 9.59 Å². The van der Waals surface area contributed by atoms with E-state index in [-0.39, 0.29) is 28.9 Å². The number of pyridine rings is 2. The third-order valence-corrected chi connectivity index (χ3v) is 9.15. The number of aromatic nitrogens is 4. The maximum absolute atomic E-state index is 13.5. The second-order valence-electron chi connectivity index (χ2n) is 12.5. The molecule has 250 valence electrons. The van der Waals surface area contributed by atoms with Crippen molar-refractivity contribution in [3.05, 3.63) is 46.0 Å². The first-order valence-corrected chi connectivity index (χ1v) is 16.8. The molecule has 3 aromatic heterocycles. The van der Waals surface area contributed by atoms with Gasteiger partial charge in [-0.15, -0.1) is 0 Å². The van der Waals surface area contributed by atoms with E-state index >= 15 is 0 Å². The molecule has 0 spiro atoms. The fourth-order valence-corrected chi connectivity index (χ4v) is 6.59. The number of rotatable bonds is 15. The third-order valence-electron chi connectivity index (χ3n) is 9.15. The molecule has 0 unspecified atom stereocenters. The Morgan fingerprint density at radius 2 is 1.74 bits per heavy atom. The minimum Gasteiger partial charge on any atom is -0.368 e. The lowest BCUT2D eigenvalue weighted by molar-refractivity contribution is -0.122. The number of fused-ring (bicyclic) bond motifs is 1. The van der Waals surface area contributed by atoms with Crippen molar-refractivity contribution in [1.29, 1.82) is 5.26 Å². The average Bonchev–Trinajstić information content (AvgIpc) is 3.59. The van der Waals surface area contributed by atoms with Crippen LogP contribution in [0.4, 0.5) is 17.5 Å². The highest BCUT2D eigenvalue weighted by Gasteiger charge is 2.26. The molecule has 5 rings (SSSR count). The van der Waals surface area contributed by atoms with Crippen molar-refractivity contribution in [1.82, 2.24) is 35.1 Å². The summed E-state index contributed by atoms with van der Waals surface area (Å²) in [7, 11) is 0. The van der Waals surface area contributed by atoms with Gasteiger partial charge in [-0.2, -0.15) is 10.2 Å². The number of nitrogens with zero attached hydrogens (tertiary/aromatic N) is 7. The fraction of sp³-hybridized carbons (Fsp3) is 0.559. The number of nitrogens with one attached hydrogen (secondary N) is 3. The van der Waals surface area contributed by atoms with Crippen molar-refractivity contribution >= 4 is 40.2 Å². The van der Waals surface area contributed by atoms with Gasteiger partial charge in [0.05, 0.1) is 36.6 Å². The van der Waals surface area contributed by atoms with Gasteiger partial charge in [0.15, 0.2) is 5.78 Å². The SMILES string of the molecule is CC(=O)c1c(C)c2cnc(Nc3ccc(N4CCN(CC(=O)NCCCCCCNCC#N)CC4)cn3)nc2n(C2CCCC2)c1=O. The standard InChI is InChI=1S/C34H46N10O3/c1-24-28-22-39-34(41-32(28)44(26-9-5-6-10-26)33(47)31(24)25(2)45)40-29-12-11-27(21-38-29)43-19-17-42(18-20-43)23-30(46)37-15-8-4-3-7-14-36-16-13-35/h11-12,21-22,26,36H,3-10,14-20,23H2,1-2H3,(H,37,46)(H,38,39,40,41). The smallest absolute Gasteiger partial charge is 0.263 e. The number of carbonyl (C=O) groups excluding carboxylic acids is 2. The van der Waals surface area contributed by atoms with E-state index in [1.807, 2.05) is 18.3 Å². The van der Waals surface area contributed by atoms with E-state index in [9.17, 15) is 14.4 Å². The first-order chi connectivity index (χ1) is 22.9. The van der Waals surface area contributed by atoms with Gasteiger partial charge in [-0.1, -0.05) is 25.7 Å². The number of Topliss-reactive ketones (excluding diaryl/α,β-unsaturated/α-hetero) is 1. The summed E-state index contributed by atoms with van der Waals surface area (Å²) in [6.45, 7) is 8.77. The predicted octanol–water partition coefficient (Wildman–Crippen LogP) is 3.47. The van der Waals surface area contributed by atoms with Crippen molar-refractivity contribution in [3.8, 4) is 6.07 Å². The van der Waals surface area contributed by atoms with Crippen LogP contribution in [0.3, 0.4) is 0 Å². The van der Waals surface area contributed by atoms with E-state index in [2.05, 4.69) is 41.8 Å². The molecular formula is C34H46N10O3. The highest BCUT2D eigenvalue weighted by atomic mass is 16.2. The zero-order chi connectivity index (χ0) is 33.2. The highest BCUT2D eigenvalue weighted by molar-refractivity contribution is 5.99. The Hall–Kier alpha value is -4.41. The molecule has 3 N–H and O–H groups in total. The molecule has 0 radical (unpaired) electrons. The monoisotopic (exact) mass is 642 g/mol. The Kier molecular flexibility index (Phi) is 11.9. The van der Waals surface area contributed by atoms with Gasteiger partial charge >= 0.3 is 0 Å². The molecule has 1 saturated carbocycles. The molecule has 2 fully saturated rings. The Morgan fingerprint density at radius 3 is 2.43 bits per heavy atom. The molecule has 13 heteroatoms. The normalized spacial score (nSPS) is 15.6. The summed E-state index contributed by atoms with van der Waals surface area (Å²) in [6, 6.07) is 5.99. The molecule has 0 bridgehead atoms. The lowest BCUT2D eigenvalue weighted by atomic mass is 10.0. The van der Waals surface area contributed by atoms with Crippen LogP contribution in [0.2, 0.25) is 0 Å². The lowest BCUT2D eigenvalue weighted by Crippen LogP contribution is -2.49. The Labute approximate surface area is 275 Å². The number of carbonyl (C=O) groups is 2. The number of hydrogen-bond acceptors (Lipinski definition) is 11. The van der Waals surface area contributed by atoms with Gasteiger partial charge in [0.1, 0.15) is 11.5 Å². The number of anilines is 3. The van der Waals surface area contributed by atoms with E-state index in [1.165, 1.54) is 6.92 Å². The average molecular weight is 643 g/mol. The van der Waals surface area contributed by atoms with Crippen LogP contribution >= 0.6 is 0 Å². The molecule has 13 nitrogen and oxygen atoms in total. The summed E-state index contributed by atoms with van der Waals surface area (Å²) in [4.78, 5) is 56.6. The lowest BCUT2D eigenvalue weighted by Gasteiger charge is -2.35. The van der Waals surface area contributed by atoms with Crippen LogP contribution in [0.25, 0.3) is 11.0 Å². The summed E-state index contributed by atoms with van der Waals surface area (Å²) < 4.78 is 1.71. The summed E-state index contributed by atoms with van der Waals surface area (Å²) in [5, 5.41) is 18.5. The summed E-state index contributed by atoms with van der Waals surface area (Å²) in [5.41, 5.74) is 2.11.